The van der Waals surface area contributed by atoms with Gasteiger partial charge in [-0.1, -0.05) is 49.1 Å². The van der Waals surface area contributed by atoms with E-state index in [1.54, 1.807) is 23.9 Å². The van der Waals surface area contributed by atoms with Crippen LogP contribution in [0.4, 0.5) is 4.39 Å². The van der Waals surface area contributed by atoms with Gasteiger partial charge >= 0.3 is 7.60 Å². The Morgan fingerprint density at radius 2 is 1.79 bits per heavy atom. The van der Waals surface area contributed by atoms with E-state index in [2.05, 4.69) is 11.4 Å². The summed E-state index contributed by atoms with van der Waals surface area (Å²) in [4.78, 5) is 18.9. The molecule has 0 bridgehead atoms. The monoisotopic (exact) mass is 513 g/mol. The van der Waals surface area contributed by atoms with E-state index in [-0.39, 0.29) is 17.4 Å². The molecular formula is C25H34ClFNO3PS. The van der Waals surface area contributed by atoms with Gasteiger partial charge in [-0.3, -0.25) is 4.57 Å². The minimum atomic E-state index is -3.91. The third-order valence-corrected chi connectivity index (χ3v) is 8.94. The number of thioether (sulfide) groups is 1. The lowest BCUT2D eigenvalue weighted by molar-refractivity contribution is 0.371. The van der Waals surface area contributed by atoms with Crippen LogP contribution in [0, 0.1) is 5.82 Å². The lowest BCUT2D eigenvalue weighted by atomic mass is 9.75. The highest BCUT2D eigenvalue weighted by atomic mass is 35.5. The molecular weight excluding hydrogens is 480 g/mol. The molecule has 0 aromatic heterocycles. The van der Waals surface area contributed by atoms with Crippen molar-refractivity contribution in [1.29, 1.82) is 0 Å². The van der Waals surface area contributed by atoms with Gasteiger partial charge in [-0.2, -0.15) is 0 Å². The zero-order valence-corrected chi connectivity index (χ0v) is 21.4. The van der Waals surface area contributed by atoms with E-state index >= 15 is 0 Å². The first-order valence-electron chi connectivity index (χ1n) is 11.7. The van der Waals surface area contributed by atoms with Crippen LogP contribution in [0.15, 0.2) is 47.4 Å². The van der Waals surface area contributed by atoms with E-state index < -0.39 is 7.60 Å². The van der Waals surface area contributed by atoms with Gasteiger partial charge in [0.25, 0.3) is 0 Å². The molecule has 0 radical (unpaired) electrons. The van der Waals surface area contributed by atoms with Gasteiger partial charge in [-0.15, -0.1) is 11.8 Å². The van der Waals surface area contributed by atoms with Gasteiger partial charge in [-0.25, -0.2) is 4.39 Å². The summed E-state index contributed by atoms with van der Waals surface area (Å²) in [6.45, 7) is 1.18. The average Bonchev–Trinajstić information content (AvgIpc) is 3.24. The summed E-state index contributed by atoms with van der Waals surface area (Å²) in [6.07, 6.45) is 8.68. The number of halogens is 2. The molecule has 0 aliphatic heterocycles. The zero-order chi connectivity index (χ0) is 23.7. The highest BCUT2D eigenvalue weighted by Gasteiger charge is 2.34. The van der Waals surface area contributed by atoms with Crippen molar-refractivity contribution in [3.63, 3.8) is 0 Å². The van der Waals surface area contributed by atoms with Crippen LogP contribution in [-0.2, 0) is 16.5 Å². The van der Waals surface area contributed by atoms with E-state index in [1.165, 1.54) is 31.2 Å². The summed E-state index contributed by atoms with van der Waals surface area (Å²) in [7, 11) is -3.91. The van der Waals surface area contributed by atoms with Crippen LogP contribution >= 0.6 is 31.0 Å². The molecule has 1 aliphatic carbocycles. The summed E-state index contributed by atoms with van der Waals surface area (Å²) in [6, 6.07) is 13.2. The first-order chi connectivity index (χ1) is 15.8. The number of hydrogen-bond donors (Lipinski definition) is 3. The molecule has 0 spiro atoms. The van der Waals surface area contributed by atoms with Crippen molar-refractivity contribution >= 4 is 31.0 Å². The molecule has 2 aromatic rings. The van der Waals surface area contributed by atoms with Crippen molar-refractivity contribution in [2.45, 2.75) is 68.2 Å². The molecule has 33 heavy (non-hydrogen) atoms. The molecule has 0 unspecified atom stereocenters. The van der Waals surface area contributed by atoms with Crippen LogP contribution in [0.3, 0.4) is 0 Å². The highest BCUT2D eigenvalue weighted by Crippen LogP contribution is 2.45. The Morgan fingerprint density at radius 1 is 1.06 bits per heavy atom. The molecule has 4 nitrogen and oxygen atoms in total. The van der Waals surface area contributed by atoms with Crippen molar-refractivity contribution in [3.05, 3.63) is 64.4 Å². The molecule has 3 rings (SSSR count). The summed E-state index contributed by atoms with van der Waals surface area (Å²) in [5, 5.41) is 3.94. The number of rotatable bonds is 13. The Balaban J connectivity index is 1.39. The Morgan fingerprint density at radius 3 is 2.45 bits per heavy atom. The number of nitrogens with one attached hydrogen (secondary N) is 1. The first kappa shape index (κ1) is 26.7. The molecule has 0 amide bonds. The van der Waals surface area contributed by atoms with Gasteiger partial charge in [0.15, 0.2) is 0 Å². The molecule has 0 saturated heterocycles. The van der Waals surface area contributed by atoms with Crippen molar-refractivity contribution < 1.29 is 18.7 Å². The third kappa shape index (κ3) is 8.69. The minimum Gasteiger partial charge on any atom is -0.324 e. The van der Waals surface area contributed by atoms with Crippen molar-refractivity contribution in [3.8, 4) is 0 Å². The Bertz CT molecular complexity index is 932. The van der Waals surface area contributed by atoms with Gasteiger partial charge in [-0.05, 0) is 85.2 Å². The third-order valence-electron chi connectivity index (χ3n) is 6.45. The minimum absolute atomic E-state index is 0.0959. The Hall–Kier alpha value is -0.880. The molecule has 2 aromatic carbocycles. The number of unbranched alkanes of at least 4 members (excludes halogenated alkanes) is 1. The van der Waals surface area contributed by atoms with Crippen molar-refractivity contribution in [2.75, 3.05) is 18.5 Å². The quantitative estimate of drug-likeness (QED) is 0.154. The molecule has 1 fully saturated rings. The molecule has 8 heteroatoms. The standard InChI is InChI=1S/C25H34ClFNO3PS/c26-23-18-20(19-28-15-5-16-32(29,30)31)6-11-24(23)33-17-4-3-14-25(12-1-2-13-25)21-7-9-22(27)10-8-21/h6-11,18,28H,1-5,12-17,19H2,(H2,29,30,31). The van der Waals surface area contributed by atoms with Gasteiger partial charge < -0.3 is 15.1 Å². The smallest absolute Gasteiger partial charge is 0.324 e. The Kier molecular flexibility index (Phi) is 10.3. The fourth-order valence-electron chi connectivity index (χ4n) is 4.70. The second-order valence-electron chi connectivity index (χ2n) is 8.98. The van der Waals surface area contributed by atoms with E-state index in [9.17, 15) is 8.96 Å². The van der Waals surface area contributed by atoms with Crippen molar-refractivity contribution in [1.82, 2.24) is 5.32 Å². The molecule has 1 aliphatic rings. The largest absolute Gasteiger partial charge is 0.325 e. The summed E-state index contributed by atoms with van der Waals surface area (Å²) in [5.41, 5.74) is 2.57. The first-order valence-corrected chi connectivity index (χ1v) is 14.9. The summed E-state index contributed by atoms with van der Waals surface area (Å²) in [5.74, 6) is 0.848. The Labute approximate surface area is 205 Å². The second-order valence-corrected chi connectivity index (χ2v) is 12.3. The van der Waals surface area contributed by atoms with Crippen LogP contribution in [0.25, 0.3) is 0 Å². The predicted octanol–water partition coefficient (Wildman–Crippen LogP) is 6.91. The molecule has 182 valence electrons. The van der Waals surface area contributed by atoms with Gasteiger partial charge in [0, 0.05) is 11.4 Å². The molecule has 0 heterocycles. The maximum Gasteiger partial charge on any atom is 0.325 e. The number of hydrogen-bond acceptors (Lipinski definition) is 3. The normalized spacial score (nSPS) is 15.8. The highest BCUT2D eigenvalue weighted by molar-refractivity contribution is 7.99. The van der Waals surface area contributed by atoms with Gasteiger partial charge in [0.05, 0.1) is 11.2 Å². The SMILES string of the molecule is O=P(O)(O)CCCNCc1ccc(SCCCCC2(c3ccc(F)cc3)CCCC2)c(Cl)c1. The second kappa shape index (κ2) is 12.7. The van der Waals surface area contributed by atoms with Gasteiger partial charge in [0.2, 0.25) is 0 Å². The molecule has 1 saturated carbocycles. The van der Waals surface area contributed by atoms with Crippen LogP contribution in [-0.4, -0.2) is 28.2 Å². The van der Waals surface area contributed by atoms with E-state index in [0.717, 1.165) is 40.5 Å². The molecule has 0 atom stereocenters. The van der Waals surface area contributed by atoms with E-state index in [4.69, 9.17) is 21.4 Å². The predicted molar refractivity (Wildman–Crippen MR) is 136 cm³/mol. The van der Waals surface area contributed by atoms with Gasteiger partial charge in [0.1, 0.15) is 5.82 Å². The zero-order valence-electron chi connectivity index (χ0n) is 18.9. The maximum atomic E-state index is 13.4. The molecule has 3 N–H and O–H groups in total. The van der Waals surface area contributed by atoms with Crippen molar-refractivity contribution in [2.24, 2.45) is 0 Å². The van der Waals surface area contributed by atoms with Crippen LogP contribution in [0.5, 0.6) is 0 Å². The summed E-state index contributed by atoms with van der Waals surface area (Å²) < 4.78 is 24.2. The average molecular weight is 514 g/mol. The van der Waals surface area contributed by atoms with Crippen LogP contribution in [0.2, 0.25) is 5.02 Å². The number of benzene rings is 2. The van der Waals surface area contributed by atoms with Crippen LogP contribution < -0.4 is 5.32 Å². The lowest BCUT2D eigenvalue weighted by Gasteiger charge is -2.30. The lowest BCUT2D eigenvalue weighted by Crippen LogP contribution is -2.22. The topological polar surface area (TPSA) is 69.6 Å². The maximum absolute atomic E-state index is 13.4. The van der Waals surface area contributed by atoms with Crippen LogP contribution in [0.1, 0.15) is 62.5 Å². The summed E-state index contributed by atoms with van der Waals surface area (Å²) >= 11 is 8.26. The fourth-order valence-corrected chi connectivity index (χ4v) is 6.57. The van der Waals surface area contributed by atoms with E-state index in [1.807, 2.05) is 24.3 Å². The van der Waals surface area contributed by atoms with E-state index in [0.29, 0.717) is 19.5 Å². The fraction of sp³-hybridized carbons (Fsp3) is 0.520.